The average Bonchev–Trinajstić information content (AvgIpc) is 3.28. The van der Waals surface area contributed by atoms with E-state index in [9.17, 15) is 0 Å². The molecule has 4 heteroatoms. The van der Waals surface area contributed by atoms with Gasteiger partial charge >= 0.3 is 0 Å². The van der Waals surface area contributed by atoms with Crippen molar-refractivity contribution in [2.24, 2.45) is 0 Å². The molecule has 4 nitrogen and oxygen atoms in total. The molecule has 1 heterocycles. The van der Waals surface area contributed by atoms with Gasteiger partial charge in [0.2, 0.25) is 0 Å². The van der Waals surface area contributed by atoms with E-state index in [2.05, 4.69) is 48.5 Å². The summed E-state index contributed by atoms with van der Waals surface area (Å²) >= 11 is 0. The molecule has 1 aliphatic heterocycles. The van der Waals surface area contributed by atoms with Gasteiger partial charge in [0.1, 0.15) is 23.4 Å². The molecule has 1 saturated heterocycles. The first-order valence-electron chi connectivity index (χ1n) is 12.7. The van der Waals surface area contributed by atoms with Crippen LogP contribution in [0.4, 0.5) is 0 Å². The summed E-state index contributed by atoms with van der Waals surface area (Å²) < 4.78 is 26.8. The second-order valence-corrected chi connectivity index (χ2v) is 9.82. The van der Waals surface area contributed by atoms with Crippen molar-refractivity contribution in [2.75, 3.05) is 14.2 Å². The highest BCUT2D eigenvalue weighted by Crippen LogP contribution is 2.52. The van der Waals surface area contributed by atoms with Crippen molar-refractivity contribution in [3.05, 3.63) is 144 Å². The molecule has 0 aromatic heterocycles. The fourth-order valence-corrected chi connectivity index (χ4v) is 5.79. The first kappa shape index (κ1) is 25.4. The first-order valence-corrected chi connectivity index (χ1v) is 12.7. The van der Waals surface area contributed by atoms with Gasteiger partial charge in [0.05, 0.1) is 0 Å². The maximum atomic E-state index is 6.85. The number of ether oxygens (including phenoxy) is 4. The van der Waals surface area contributed by atoms with Gasteiger partial charge in [-0.3, -0.25) is 0 Å². The molecule has 0 bridgehead atoms. The van der Waals surface area contributed by atoms with Crippen LogP contribution in [0.15, 0.2) is 121 Å². The van der Waals surface area contributed by atoms with Gasteiger partial charge in [0, 0.05) is 14.2 Å². The van der Waals surface area contributed by atoms with Crippen molar-refractivity contribution in [1.29, 1.82) is 0 Å². The average molecular weight is 495 g/mol. The molecule has 2 atom stereocenters. The Hall–Kier alpha value is -3.28. The lowest BCUT2D eigenvalue weighted by atomic mass is 9.71. The summed E-state index contributed by atoms with van der Waals surface area (Å²) in [6.45, 7) is 3.90. The van der Waals surface area contributed by atoms with E-state index in [-0.39, 0.29) is 0 Å². The van der Waals surface area contributed by atoms with Gasteiger partial charge < -0.3 is 18.9 Å². The van der Waals surface area contributed by atoms with Crippen molar-refractivity contribution in [2.45, 2.75) is 43.0 Å². The SMILES string of the molecule is COC(c1ccccc1)(c1ccccc1)[C@@H]1OC(C)(C)O[C@H]1C(OC)(c1ccccc1)c1ccccc1. The largest absolute Gasteiger partial charge is 0.366 e. The van der Waals surface area contributed by atoms with E-state index >= 15 is 0 Å². The van der Waals surface area contributed by atoms with Gasteiger partial charge in [-0.1, -0.05) is 121 Å². The lowest BCUT2D eigenvalue weighted by Crippen LogP contribution is -2.56. The third kappa shape index (κ3) is 4.30. The van der Waals surface area contributed by atoms with E-state index in [4.69, 9.17) is 18.9 Å². The molecule has 0 unspecified atom stereocenters. The molecule has 0 aliphatic carbocycles. The van der Waals surface area contributed by atoms with Crippen molar-refractivity contribution >= 4 is 0 Å². The Balaban J connectivity index is 1.81. The second-order valence-electron chi connectivity index (χ2n) is 9.82. The van der Waals surface area contributed by atoms with Crippen LogP contribution in [-0.2, 0) is 30.1 Å². The fourth-order valence-electron chi connectivity index (χ4n) is 5.79. The lowest BCUT2D eigenvalue weighted by molar-refractivity contribution is -0.176. The highest BCUT2D eigenvalue weighted by Gasteiger charge is 2.62. The van der Waals surface area contributed by atoms with Crippen LogP contribution in [0.5, 0.6) is 0 Å². The van der Waals surface area contributed by atoms with Gasteiger partial charge in [0.15, 0.2) is 5.79 Å². The Kier molecular flexibility index (Phi) is 7.02. The van der Waals surface area contributed by atoms with Crippen molar-refractivity contribution in [3.8, 4) is 0 Å². The van der Waals surface area contributed by atoms with E-state index in [0.29, 0.717) is 0 Å². The summed E-state index contributed by atoms with van der Waals surface area (Å²) in [5.41, 5.74) is 1.96. The predicted octanol–water partition coefficient (Wildman–Crippen LogP) is 6.69. The molecular weight excluding hydrogens is 460 g/mol. The summed E-state index contributed by atoms with van der Waals surface area (Å²) in [6.07, 6.45) is -1.14. The highest BCUT2D eigenvalue weighted by molar-refractivity contribution is 5.44. The lowest BCUT2D eigenvalue weighted by Gasteiger charge is -2.46. The molecule has 1 fully saturated rings. The van der Waals surface area contributed by atoms with Crippen molar-refractivity contribution in [3.63, 3.8) is 0 Å². The highest BCUT2D eigenvalue weighted by atomic mass is 16.8. The second kappa shape index (κ2) is 10.2. The van der Waals surface area contributed by atoms with Crippen molar-refractivity contribution < 1.29 is 18.9 Å². The normalized spacial score (nSPS) is 19.6. The molecule has 0 radical (unpaired) electrons. The smallest absolute Gasteiger partial charge is 0.164 e. The third-order valence-corrected chi connectivity index (χ3v) is 7.35. The maximum absolute atomic E-state index is 6.85. The first-order chi connectivity index (χ1) is 18.0. The standard InChI is InChI=1S/C33H34O4/c1-31(2)36-29(32(34-3,25-17-9-5-10-18-25)26-19-11-6-12-20-26)30(37-31)33(35-4,27-21-13-7-14-22-27)28-23-15-8-16-24-28/h5-24,29-30H,1-4H3/t29-,30-/m1/s1. The number of rotatable bonds is 8. The van der Waals surface area contributed by atoms with Gasteiger partial charge in [-0.2, -0.15) is 0 Å². The van der Waals surface area contributed by atoms with Gasteiger partial charge in [-0.15, -0.1) is 0 Å². The summed E-state index contributed by atoms with van der Waals surface area (Å²) in [6, 6.07) is 40.9. The van der Waals surface area contributed by atoms with Crippen LogP contribution in [-0.4, -0.2) is 32.2 Å². The number of hydrogen-bond acceptors (Lipinski definition) is 4. The molecular formula is C33H34O4. The van der Waals surface area contributed by atoms with Crippen LogP contribution in [0.25, 0.3) is 0 Å². The summed E-state index contributed by atoms with van der Waals surface area (Å²) in [7, 11) is 3.48. The zero-order chi connectivity index (χ0) is 25.9. The zero-order valence-electron chi connectivity index (χ0n) is 21.8. The summed E-state index contributed by atoms with van der Waals surface area (Å²) in [5.74, 6) is -0.893. The maximum Gasteiger partial charge on any atom is 0.164 e. The Bertz CT molecular complexity index is 1090. The Morgan fingerprint density at radius 2 is 0.730 bits per heavy atom. The molecule has 190 valence electrons. The molecule has 1 aliphatic rings. The molecule has 0 N–H and O–H groups in total. The number of benzene rings is 4. The summed E-state index contributed by atoms with van der Waals surface area (Å²) in [5, 5.41) is 0. The number of hydrogen-bond donors (Lipinski definition) is 0. The van der Waals surface area contributed by atoms with Gasteiger partial charge in [-0.05, 0) is 36.1 Å². The molecule has 5 rings (SSSR count). The van der Waals surface area contributed by atoms with Gasteiger partial charge in [-0.25, -0.2) is 0 Å². The van der Waals surface area contributed by atoms with E-state index in [1.807, 2.05) is 86.6 Å². The third-order valence-electron chi connectivity index (χ3n) is 7.35. The van der Waals surface area contributed by atoms with Gasteiger partial charge in [0.25, 0.3) is 0 Å². The molecule has 0 spiro atoms. The van der Waals surface area contributed by atoms with Crippen LogP contribution < -0.4 is 0 Å². The predicted molar refractivity (Wildman–Crippen MR) is 145 cm³/mol. The van der Waals surface area contributed by atoms with Crippen LogP contribution in [0.1, 0.15) is 36.1 Å². The van der Waals surface area contributed by atoms with E-state index in [1.165, 1.54) is 0 Å². The van der Waals surface area contributed by atoms with E-state index < -0.39 is 29.2 Å². The van der Waals surface area contributed by atoms with Crippen molar-refractivity contribution in [1.82, 2.24) is 0 Å². The Labute approximate surface area is 219 Å². The monoisotopic (exact) mass is 494 g/mol. The van der Waals surface area contributed by atoms with E-state index in [0.717, 1.165) is 22.3 Å². The molecule has 4 aromatic carbocycles. The molecule has 0 saturated carbocycles. The van der Waals surface area contributed by atoms with Crippen LogP contribution in [0, 0.1) is 0 Å². The minimum Gasteiger partial charge on any atom is -0.366 e. The Morgan fingerprint density at radius 3 is 0.946 bits per heavy atom. The van der Waals surface area contributed by atoms with E-state index in [1.54, 1.807) is 14.2 Å². The minimum atomic E-state index is -0.978. The zero-order valence-corrected chi connectivity index (χ0v) is 21.8. The van der Waals surface area contributed by atoms with Crippen LogP contribution >= 0.6 is 0 Å². The Morgan fingerprint density at radius 1 is 0.486 bits per heavy atom. The molecule has 4 aromatic rings. The minimum absolute atomic E-state index is 0.572. The van der Waals surface area contributed by atoms with Crippen LogP contribution in [0.3, 0.4) is 0 Å². The fraction of sp³-hybridized carbons (Fsp3) is 0.273. The number of methoxy groups -OCH3 is 2. The summed E-state index contributed by atoms with van der Waals surface area (Å²) in [4.78, 5) is 0. The van der Waals surface area contributed by atoms with Crippen LogP contribution in [0.2, 0.25) is 0 Å². The molecule has 0 amide bonds. The molecule has 37 heavy (non-hydrogen) atoms. The quantitative estimate of drug-likeness (QED) is 0.274. The topological polar surface area (TPSA) is 36.9 Å².